The summed E-state index contributed by atoms with van der Waals surface area (Å²) in [5.41, 5.74) is 13.7. The van der Waals surface area contributed by atoms with Gasteiger partial charge in [0.25, 0.3) is 0 Å². The molecule has 6 nitrogen and oxygen atoms in total. The first-order chi connectivity index (χ1) is 16.5. The van der Waals surface area contributed by atoms with Crippen molar-refractivity contribution in [3.63, 3.8) is 0 Å². The molecule has 0 amide bonds. The van der Waals surface area contributed by atoms with Crippen LogP contribution in [0.2, 0.25) is 0 Å². The number of carbonyl (C=O) groups is 2. The molecule has 0 spiro atoms. The van der Waals surface area contributed by atoms with Gasteiger partial charge in [0.05, 0.1) is 0 Å². The number of aliphatic hydroxyl groups is 1. The van der Waals surface area contributed by atoms with Gasteiger partial charge in [-0.2, -0.15) is 0 Å². The highest BCUT2D eigenvalue weighted by atomic mass is 32.1. The smallest absolute Gasteiger partial charge is 0.185 e. The van der Waals surface area contributed by atoms with Crippen molar-refractivity contribution < 1.29 is 14.7 Å². The number of unbranched alkanes of at least 4 members (excludes halogenated alkanes) is 8. The minimum atomic E-state index is -0.0314. The third-order valence-corrected chi connectivity index (χ3v) is 6.57. The molecule has 34 heavy (non-hydrogen) atoms. The number of hydrogen-bond donors (Lipinski definition) is 3. The van der Waals surface area contributed by atoms with Crippen LogP contribution in [0.1, 0.15) is 99.3 Å². The van der Waals surface area contributed by atoms with Crippen LogP contribution in [-0.2, 0) is 35.3 Å². The van der Waals surface area contributed by atoms with Crippen LogP contribution in [0.25, 0.3) is 10.4 Å². The second kappa shape index (κ2) is 19.8. The lowest BCUT2D eigenvalue weighted by Crippen LogP contribution is -2.05. The number of thiol groups is 2. The van der Waals surface area contributed by atoms with Crippen LogP contribution >= 0.6 is 25.3 Å². The first-order valence-corrected chi connectivity index (χ1v) is 13.6. The van der Waals surface area contributed by atoms with E-state index in [2.05, 4.69) is 47.4 Å². The topological polar surface area (TPSA) is 103 Å². The second-order valence-corrected chi connectivity index (χ2v) is 9.89. The monoisotopic (exact) mass is 507 g/mol. The number of aryl methyl sites for hydroxylation is 2. The molecule has 0 bridgehead atoms. The fourth-order valence-electron chi connectivity index (χ4n) is 4.30. The highest BCUT2D eigenvalue weighted by molar-refractivity contribution is 7.96. The lowest BCUT2D eigenvalue weighted by atomic mass is 9.89. The van der Waals surface area contributed by atoms with Gasteiger partial charge < -0.3 is 5.11 Å². The van der Waals surface area contributed by atoms with Gasteiger partial charge in [-0.1, -0.05) is 55.8 Å². The fourth-order valence-corrected chi connectivity index (χ4v) is 4.62. The highest BCUT2D eigenvalue weighted by Gasteiger charge is 2.10. The predicted molar refractivity (Wildman–Crippen MR) is 146 cm³/mol. The fraction of sp³-hybridized carbons (Fsp3) is 0.692. The van der Waals surface area contributed by atoms with E-state index in [1.165, 1.54) is 16.7 Å². The minimum Gasteiger partial charge on any atom is -0.396 e. The molecule has 0 unspecified atom stereocenters. The zero-order chi connectivity index (χ0) is 25.0. The van der Waals surface area contributed by atoms with Crippen LogP contribution in [-0.4, -0.2) is 28.5 Å². The van der Waals surface area contributed by atoms with Crippen molar-refractivity contribution in [2.45, 2.75) is 103 Å². The van der Waals surface area contributed by atoms with Crippen molar-refractivity contribution in [2.75, 3.05) is 13.2 Å². The molecule has 1 rings (SSSR count). The van der Waals surface area contributed by atoms with Crippen molar-refractivity contribution in [1.29, 1.82) is 0 Å². The molecule has 0 aromatic heterocycles. The quantitative estimate of drug-likeness (QED) is 0.0563. The largest absolute Gasteiger partial charge is 0.396 e. The van der Waals surface area contributed by atoms with Gasteiger partial charge in [-0.05, 0) is 79.2 Å². The third-order valence-electron chi connectivity index (χ3n) is 6.12. The minimum absolute atomic E-state index is 0.0307. The van der Waals surface area contributed by atoms with Gasteiger partial charge >= 0.3 is 0 Å². The zero-order valence-corrected chi connectivity index (χ0v) is 22.2. The number of azide groups is 1. The van der Waals surface area contributed by atoms with Crippen LogP contribution in [0.4, 0.5) is 0 Å². The molecule has 0 aliphatic carbocycles. The first kappa shape index (κ1) is 30.6. The summed E-state index contributed by atoms with van der Waals surface area (Å²) in [5.74, 6) is 0. The maximum Gasteiger partial charge on any atom is 0.185 e. The molecule has 1 aromatic carbocycles. The first-order valence-electron chi connectivity index (χ1n) is 12.7. The Morgan fingerprint density at radius 3 is 1.56 bits per heavy atom. The molecule has 190 valence electrons. The van der Waals surface area contributed by atoms with Crippen molar-refractivity contribution in [3.05, 3.63) is 44.8 Å². The summed E-state index contributed by atoms with van der Waals surface area (Å²) in [5, 5.41) is 13.2. The van der Waals surface area contributed by atoms with Crippen molar-refractivity contribution >= 4 is 35.5 Å². The van der Waals surface area contributed by atoms with E-state index in [1.807, 2.05) is 0 Å². The van der Waals surface area contributed by atoms with E-state index >= 15 is 0 Å². The van der Waals surface area contributed by atoms with Crippen molar-refractivity contribution in [1.82, 2.24) is 0 Å². The molecule has 0 atom stereocenters. The van der Waals surface area contributed by atoms with Crippen LogP contribution in [0.5, 0.6) is 0 Å². The Morgan fingerprint density at radius 1 is 0.706 bits per heavy atom. The summed E-state index contributed by atoms with van der Waals surface area (Å²) in [6.07, 6.45) is 15.1. The maximum absolute atomic E-state index is 10.9. The molecule has 0 heterocycles. The number of hydrogen-bond acceptors (Lipinski definition) is 4. The number of nitrogens with zero attached hydrogens (tertiary/aromatic N) is 3. The summed E-state index contributed by atoms with van der Waals surface area (Å²) in [4.78, 5) is 24.8. The van der Waals surface area contributed by atoms with E-state index in [0.29, 0.717) is 32.2 Å². The molecule has 0 fully saturated rings. The third kappa shape index (κ3) is 14.7. The Balaban J connectivity index is 2.73. The zero-order valence-electron chi connectivity index (χ0n) is 20.4. The molecule has 0 aliphatic heterocycles. The van der Waals surface area contributed by atoms with E-state index in [-0.39, 0.29) is 16.8 Å². The average Bonchev–Trinajstić information content (AvgIpc) is 2.79. The van der Waals surface area contributed by atoms with Gasteiger partial charge in [-0.25, -0.2) is 0 Å². The van der Waals surface area contributed by atoms with E-state index in [9.17, 15) is 14.7 Å². The molecule has 0 saturated carbocycles. The van der Waals surface area contributed by atoms with Crippen LogP contribution < -0.4 is 0 Å². The number of carbonyl (C=O) groups excluding carboxylic acids is 2. The van der Waals surface area contributed by atoms with Crippen LogP contribution in [0.15, 0.2) is 17.2 Å². The summed E-state index contributed by atoms with van der Waals surface area (Å²) < 4.78 is 0. The number of rotatable bonds is 21. The molecule has 1 aromatic rings. The van der Waals surface area contributed by atoms with E-state index < -0.39 is 0 Å². The van der Waals surface area contributed by atoms with Gasteiger partial charge in [0.1, 0.15) is 0 Å². The Hall–Kier alpha value is -1.47. The summed E-state index contributed by atoms with van der Waals surface area (Å²) in [6, 6.07) is 4.53. The van der Waals surface area contributed by atoms with E-state index in [1.54, 1.807) is 0 Å². The molecular formula is C26H41N3O3S2. The van der Waals surface area contributed by atoms with Gasteiger partial charge in [-0.3, -0.25) is 9.59 Å². The molecule has 0 saturated heterocycles. The normalized spacial score (nSPS) is 10.8. The maximum atomic E-state index is 10.9. The van der Waals surface area contributed by atoms with Crippen LogP contribution in [0.3, 0.4) is 0 Å². The van der Waals surface area contributed by atoms with Gasteiger partial charge in [0.15, 0.2) is 10.2 Å². The molecule has 8 heteroatoms. The summed E-state index contributed by atoms with van der Waals surface area (Å²) in [7, 11) is 0. The Morgan fingerprint density at radius 2 is 1.12 bits per heavy atom. The molecule has 0 radical (unpaired) electrons. The van der Waals surface area contributed by atoms with Gasteiger partial charge in [-0.15, -0.1) is 25.3 Å². The SMILES string of the molecule is [N-]=[N+]=NCCc1cc(CCCCCCCC(=O)S)c(CCCCCCCC(=O)S)cc1CCO. The lowest BCUT2D eigenvalue weighted by Gasteiger charge is -2.17. The lowest BCUT2D eigenvalue weighted by molar-refractivity contribution is -0.111. The van der Waals surface area contributed by atoms with E-state index in [0.717, 1.165) is 82.6 Å². The predicted octanol–water partition coefficient (Wildman–Crippen LogP) is 6.75. The summed E-state index contributed by atoms with van der Waals surface area (Å²) in [6.45, 7) is 0.526. The molecule has 1 N–H and O–H groups in total. The van der Waals surface area contributed by atoms with Crippen molar-refractivity contribution in [2.24, 2.45) is 5.11 Å². The highest BCUT2D eigenvalue weighted by Crippen LogP contribution is 2.24. The van der Waals surface area contributed by atoms with Gasteiger partial charge in [0, 0.05) is 30.9 Å². The van der Waals surface area contributed by atoms with Crippen LogP contribution in [0, 0.1) is 0 Å². The van der Waals surface area contributed by atoms with Gasteiger partial charge in [0.2, 0.25) is 0 Å². The Labute approximate surface area is 215 Å². The summed E-state index contributed by atoms with van der Waals surface area (Å²) >= 11 is 7.65. The Bertz CT molecular complexity index is 796. The van der Waals surface area contributed by atoms with E-state index in [4.69, 9.17) is 5.53 Å². The standard InChI is InChI=1S/C26H41N3O3S2/c27-29-28-17-15-23-19-21(11-7-3-1-5-9-13-25(31)33)22(20-24(23)16-18-30)12-8-4-2-6-10-14-26(32)34/h19-20,30H,1-18H2,(H,31,33)(H,32,34). The molecular weight excluding hydrogens is 466 g/mol. The van der Waals surface area contributed by atoms with Crippen molar-refractivity contribution in [3.8, 4) is 0 Å². The second-order valence-electron chi connectivity index (χ2n) is 8.89. The number of aliphatic hydroxyl groups excluding tert-OH is 1. The number of benzene rings is 1. The Kier molecular flexibility index (Phi) is 17.8. The molecule has 0 aliphatic rings. The average molecular weight is 508 g/mol.